The fraction of sp³-hybridized carbons (Fsp3) is 0.273. The molecular formula is C22H20BrNO2. The standard InChI is InChI=1S/C22H20BrNO2/c1-14-18(25)12-22(21(14,2)3)16-10-7-11-17(23)19(16)24(20(22)26)13-15-8-5-4-6-9-15/h4-11H,1,12-13H2,2-3H3. The minimum atomic E-state index is -0.880. The van der Waals surface area contributed by atoms with E-state index in [4.69, 9.17) is 0 Å². The number of Topliss-reactive ketones (excluding diaryl/α,β-unsaturated/α-hetero) is 1. The minimum Gasteiger partial charge on any atom is -0.306 e. The van der Waals surface area contributed by atoms with Crippen LogP contribution >= 0.6 is 15.9 Å². The maximum absolute atomic E-state index is 13.8. The number of carbonyl (C=O) groups excluding carboxylic acids is 2. The normalized spacial score (nSPS) is 23.8. The number of halogens is 1. The highest BCUT2D eigenvalue weighted by Crippen LogP contribution is 2.62. The molecule has 1 amide bonds. The number of allylic oxidation sites excluding steroid dienone is 1. The number of nitrogens with zero attached hydrogens (tertiary/aromatic N) is 1. The van der Waals surface area contributed by atoms with Crippen molar-refractivity contribution >= 4 is 33.3 Å². The number of para-hydroxylation sites is 1. The van der Waals surface area contributed by atoms with Gasteiger partial charge in [-0.05, 0) is 38.7 Å². The third-order valence-electron chi connectivity index (χ3n) is 6.09. The summed E-state index contributed by atoms with van der Waals surface area (Å²) in [6, 6.07) is 15.8. The molecule has 1 aliphatic heterocycles. The Morgan fingerprint density at radius 2 is 1.77 bits per heavy atom. The molecule has 1 atom stereocenters. The number of anilines is 1. The van der Waals surface area contributed by atoms with Gasteiger partial charge >= 0.3 is 0 Å². The summed E-state index contributed by atoms with van der Waals surface area (Å²) in [5.74, 6) is -0.0314. The van der Waals surface area contributed by atoms with Crippen molar-refractivity contribution in [3.8, 4) is 0 Å². The molecule has 0 radical (unpaired) electrons. The van der Waals surface area contributed by atoms with Crippen LogP contribution in [-0.2, 0) is 21.5 Å². The Labute approximate surface area is 161 Å². The number of carbonyl (C=O) groups is 2. The molecule has 0 N–H and O–H groups in total. The number of rotatable bonds is 2. The molecule has 26 heavy (non-hydrogen) atoms. The molecule has 0 bridgehead atoms. The summed E-state index contributed by atoms with van der Waals surface area (Å²) in [5.41, 5.74) is 1.89. The summed E-state index contributed by atoms with van der Waals surface area (Å²) in [6.45, 7) is 8.43. The molecule has 2 aromatic rings. The van der Waals surface area contributed by atoms with E-state index in [1.807, 2.05) is 67.3 Å². The van der Waals surface area contributed by atoms with Crippen LogP contribution in [0.3, 0.4) is 0 Å². The Morgan fingerprint density at radius 1 is 1.08 bits per heavy atom. The van der Waals surface area contributed by atoms with Gasteiger partial charge in [-0.15, -0.1) is 0 Å². The molecule has 132 valence electrons. The van der Waals surface area contributed by atoms with E-state index in [0.717, 1.165) is 21.3 Å². The van der Waals surface area contributed by atoms with Gasteiger partial charge < -0.3 is 4.90 Å². The smallest absolute Gasteiger partial charge is 0.239 e. The first-order valence-corrected chi connectivity index (χ1v) is 9.47. The molecule has 1 heterocycles. The molecule has 2 aromatic carbocycles. The monoisotopic (exact) mass is 409 g/mol. The highest BCUT2D eigenvalue weighted by Gasteiger charge is 2.65. The zero-order valence-electron chi connectivity index (χ0n) is 14.9. The van der Waals surface area contributed by atoms with Crippen molar-refractivity contribution in [3.63, 3.8) is 0 Å². The SMILES string of the molecule is C=C1C(=O)CC2(C(=O)N(Cc3ccccc3)c3c(Br)cccc32)C1(C)C. The van der Waals surface area contributed by atoms with E-state index in [1.165, 1.54) is 0 Å². The number of fused-ring (bicyclic) bond motifs is 2. The summed E-state index contributed by atoms with van der Waals surface area (Å²) in [6.07, 6.45) is 0.187. The van der Waals surface area contributed by atoms with Crippen molar-refractivity contribution in [2.75, 3.05) is 4.90 Å². The Bertz CT molecular complexity index is 948. The van der Waals surface area contributed by atoms with Crippen LogP contribution in [0.5, 0.6) is 0 Å². The lowest BCUT2D eigenvalue weighted by Gasteiger charge is -2.36. The summed E-state index contributed by atoms with van der Waals surface area (Å²) >= 11 is 3.63. The summed E-state index contributed by atoms with van der Waals surface area (Å²) in [5, 5.41) is 0. The second-order valence-electron chi connectivity index (χ2n) is 7.62. The van der Waals surface area contributed by atoms with Crippen molar-refractivity contribution in [1.29, 1.82) is 0 Å². The van der Waals surface area contributed by atoms with E-state index in [-0.39, 0.29) is 18.1 Å². The zero-order chi connectivity index (χ0) is 18.7. The molecule has 1 saturated carbocycles. The average Bonchev–Trinajstić information content (AvgIpc) is 2.96. The molecule has 4 heteroatoms. The predicted octanol–water partition coefficient (Wildman–Crippen LogP) is 4.79. The van der Waals surface area contributed by atoms with Crippen LogP contribution in [0.4, 0.5) is 5.69 Å². The summed E-state index contributed by atoms with van der Waals surface area (Å²) < 4.78 is 0.872. The molecular weight excluding hydrogens is 390 g/mol. The zero-order valence-corrected chi connectivity index (χ0v) is 16.5. The van der Waals surface area contributed by atoms with Gasteiger partial charge in [-0.1, -0.05) is 62.9 Å². The first kappa shape index (κ1) is 17.2. The maximum atomic E-state index is 13.8. The second kappa shape index (κ2) is 5.65. The minimum absolute atomic E-state index is 0.0137. The van der Waals surface area contributed by atoms with Gasteiger partial charge in [0.15, 0.2) is 5.78 Å². The molecule has 1 fully saturated rings. The van der Waals surface area contributed by atoms with Gasteiger partial charge in [0.25, 0.3) is 0 Å². The Hall–Kier alpha value is -2.20. The molecule has 3 nitrogen and oxygen atoms in total. The Morgan fingerprint density at radius 3 is 2.38 bits per heavy atom. The van der Waals surface area contributed by atoms with Crippen LogP contribution < -0.4 is 4.90 Å². The van der Waals surface area contributed by atoms with Gasteiger partial charge in [0.1, 0.15) is 0 Å². The topological polar surface area (TPSA) is 37.4 Å². The highest BCUT2D eigenvalue weighted by atomic mass is 79.9. The highest BCUT2D eigenvalue weighted by molar-refractivity contribution is 9.10. The number of ketones is 1. The lowest BCUT2D eigenvalue weighted by molar-refractivity contribution is -0.127. The van der Waals surface area contributed by atoms with E-state index < -0.39 is 10.8 Å². The largest absolute Gasteiger partial charge is 0.306 e. The van der Waals surface area contributed by atoms with Crippen LogP contribution in [0.25, 0.3) is 0 Å². The van der Waals surface area contributed by atoms with Crippen LogP contribution in [0.15, 0.2) is 65.2 Å². The second-order valence-corrected chi connectivity index (χ2v) is 8.48. The number of benzene rings is 2. The van der Waals surface area contributed by atoms with Crippen LogP contribution in [0, 0.1) is 5.41 Å². The lowest BCUT2D eigenvalue weighted by atomic mass is 9.63. The summed E-state index contributed by atoms with van der Waals surface area (Å²) in [4.78, 5) is 28.2. The van der Waals surface area contributed by atoms with E-state index in [9.17, 15) is 9.59 Å². The van der Waals surface area contributed by atoms with Crippen molar-refractivity contribution in [2.45, 2.75) is 32.2 Å². The number of hydrogen-bond acceptors (Lipinski definition) is 2. The van der Waals surface area contributed by atoms with Gasteiger partial charge in [0.2, 0.25) is 5.91 Å². The van der Waals surface area contributed by atoms with Crippen molar-refractivity contribution < 1.29 is 9.59 Å². The van der Waals surface area contributed by atoms with Gasteiger partial charge in [-0.25, -0.2) is 0 Å². The molecule has 0 saturated heterocycles. The van der Waals surface area contributed by atoms with E-state index >= 15 is 0 Å². The van der Waals surface area contributed by atoms with Crippen molar-refractivity contribution in [1.82, 2.24) is 0 Å². The number of amides is 1. The molecule has 1 aliphatic carbocycles. The predicted molar refractivity (Wildman–Crippen MR) is 106 cm³/mol. The lowest BCUT2D eigenvalue weighted by Crippen LogP contribution is -2.47. The van der Waals surface area contributed by atoms with Crippen LogP contribution in [-0.4, -0.2) is 11.7 Å². The quantitative estimate of drug-likeness (QED) is 0.668. The van der Waals surface area contributed by atoms with E-state index in [0.29, 0.717) is 12.1 Å². The van der Waals surface area contributed by atoms with Crippen LogP contribution in [0.1, 0.15) is 31.4 Å². The molecule has 1 spiro atoms. The van der Waals surface area contributed by atoms with Gasteiger partial charge in [-0.3, -0.25) is 9.59 Å². The number of hydrogen-bond donors (Lipinski definition) is 0. The van der Waals surface area contributed by atoms with E-state index in [1.54, 1.807) is 0 Å². The fourth-order valence-electron chi connectivity index (χ4n) is 4.45. The molecule has 4 rings (SSSR count). The first-order valence-electron chi connectivity index (χ1n) is 8.68. The third kappa shape index (κ3) is 2.05. The van der Waals surface area contributed by atoms with Gasteiger partial charge in [0, 0.05) is 16.3 Å². The summed E-state index contributed by atoms with van der Waals surface area (Å²) in [7, 11) is 0. The first-order chi connectivity index (χ1) is 12.3. The van der Waals surface area contributed by atoms with Crippen molar-refractivity contribution in [3.05, 3.63) is 76.3 Å². The Kier molecular flexibility index (Phi) is 3.74. The fourth-order valence-corrected chi connectivity index (χ4v) is 5.03. The maximum Gasteiger partial charge on any atom is 0.239 e. The molecule has 2 aliphatic rings. The molecule has 1 unspecified atom stereocenters. The third-order valence-corrected chi connectivity index (χ3v) is 6.73. The van der Waals surface area contributed by atoms with E-state index in [2.05, 4.69) is 22.5 Å². The van der Waals surface area contributed by atoms with Gasteiger partial charge in [-0.2, -0.15) is 0 Å². The van der Waals surface area contributed by atoms with Crippen LogP contribution in [0.2, 0.25) is 0 Å². The molecule has 0 aromatic heterocycles. The average molecular weight is 410 g/mol. The van der Waals surface area contributed by atoms with Crippen molar-refractivity contribution in [2.24, 2.45) is 5.41 Å². The Balaban J connectivity index is 1.93. The van der Waals surface area contributed by atoms with Gasteiger partial charge in [0.05, 0.1) is 17.6 Å².